The largest absolute Gasteiger partial charge is 0.454 e. The Morgan fingerprint density at radius 3 is 2.44 bits per heavy atom. The van der Waals surface area contributed by atoms with Crippen LogP contribution in [0.25, 0.3) is 0 Å². The summed E-state index contributed by atoms with van der Waals surface area (Å²) in [5.74, 6) is 1.59. The van der Waals surface area contributed by atoms with Crippen LogP contribution in [0.1, 0.15) is 29.7 Å². The quantitative estimate of drug-likeness (QED) is 0.634. The van der Waals surface area contributed by atoms with E-state index in [0.29, 0.717) is 24.5 Å². The number of quaternary nitrogens is 1. The van der Waals surface area contributed by atoms with Crippen LogP contribution in [0.4, 0.5) is 0 Å². The van der Waals surface area contributed by atoms with Gasteiger partial charge < -0.3 is 25.0 Å². The monoisotopic (exact) mass is 386 g/mol. The highest BCUT2D eigenvalue weighted by molar-refractivity contribution is 7.80. The first kappa shape index (κ1) is 19.5. The van der Waals surface area contributed by atoms with Gasteiger partial charge in [0, 0.05) is 12.1 Å². The summed E-state index contributed by atoms with van der Waals surface area (Å²) < 4.78 is 10.8. The maximum Gasteiger partial charge on any atom is 0.231 e. The molecule has 144 valence electrons. The molecule has 1 aliphatic rings. The number of likely N-dealkylation sites (N-methyl/N-ethyl adjacent to an activating group) is 1. The lowest BCUT2D eigenvalue weighted by molar-refractivity contribution is -0.890. The minimum Gasteiger partial charge on any atom is -0.454 e. The third-order valence-corrected chi connectivity index (χ3v) is 5.13. The number of rotatable bonds is 7. The Morgan fingerprint density at radius 1 is 1.04 bits per heavy atom. The molecule has 3 N–H and O–H groups in total. The molecule has 27 heavy (non-hydrogen) atoms. The molecule has 1 heterocycles. The molecule has 3 rings (SSSR count). The molecule has 0 aromatic heterocycles. The van der Waals surface area contributed by atoms with Crippen LogP contribution in [0.5, 0.6) is 11.5 Å². The molecule has 0 spiro atoms. The molecule has 6 heteroatoms. The molecule has 5 nitrogen and oxygen atoms in total. The summed E-state index contributed by atoms with van der Waals surface area (Å²) in [5, 5.41) is 7.28. The van der Waals surface area contributed by atoms with E-state index in [0.717, 1.165) is 30.0 Å². The minimum atomic E-state index is 0.291. The Balaban J connectivity index is 1.51. The number of ether oxygens (including phenoxy) is 2. The summed E-state index contributed by atoms with van der Waals surface area (Å²) in [6.07, 6.45) is 1.06. The first-order valence-electron chi connectivity index (χ1n) is 9.36. The van der Waals surface area contributed by atoms with Crippen molar-refractivity contribution >= 4 is 17.3 Å². The molecule has 0 saturated carbocycles. The van der Waals surface area contributed by atoms with Gasteiger partial charge in [0.05, 0.1) is 20.6 Å². The molecule has 2 aromatic carbocycles. The highest BCUT2D eigenvalue weighted by atomic mass is 32.1. The van der Waals surface area contributed by atoms with Crippen LogP contribution >= 0.6 is 12.2 Å². The zero-order valence-corrected chi connectivity index (χ0v) is 17.0. The Bertz CT molecular complexity index is 777. The number of hydrogen-bond donors (Lipinski definition) is 3. The van der Waals surface area contributed by atoms with E-state index < -0.39 is 0 Å². The Hall–Kier alpha value is -2.31. The fourth-order valence-electron chi connectivity index (χ4n) is 3.13. The average molecular weight is 387 g/mol. The van der Waals surface area contributed by atoms with Gasteiger partial charge in [-0.1, -0.05) is 37.3 Å². The summed E-state index contributed by atoms with van der Waals surface area (Å²) in [7, 11) is 4.34. The molecule has 2 aromatic rings. The van der Waals surface area contributed by atoms with Crippen LogP contribution in [0, 0.1) is 0 Å². The van der Waals surface area contributed by atoms with Gasteiger partial charge in [-0.15, -0.1) is 0 Å². The standard InChI is InChI=1S/C21H27N3O2S/c1-4-15-5-8-17(9-6-15)18(24(2)3)13-23-21(27)22-12-16-7-10-19-20(11-16)26-14-25-19/h5-11,18H,4,12-14H2,1-3H3,(H2,22,23,27)/p+1/t18-/m0/s1. The van der Waals surface area contributed by atoms with Crippen molar-refractivity contribution in [2.75, 3.05) is 27.4 Å². The highest BCUT2D eigenvalue weighted by Gasteiger charge is 2.18. The van der Waals surface area contributed by atoms with Gasteiger partial charge in [-0.3, -0.25) is 0 Å². The molecule has 1 aliphatic heterocycles. The number of benzene rings is 2. The van der Waals surface area contributed by atoms with Crippen LogP contribution in [-0.2, 0) is 13.0 Å². The molecule has 0 saturated heterocycles. The second kappa shape index (κ2) is 9.06. The Kier molecular flexibility index (Phi) is 6.53. The van der Waals surface area contributed by atoms with Crippen molar-refractivity contribution in [3.63, 3.8) is 0 Å². The van der Waals surface area contributed by atoms with E-state index in [4.69, 9.17) is 21.7 Å². The van der Waals surface area contributed by atoms with Crippen molar-refractivity contribution < 1.29 is 14.4 Å². The molecular weight excluding hydrogens is 358 g/mol. The predicted octanol–water partition coefficient (Wildman–Crippen LogP) is 1.83. The van der Waals surface area contributed by atoms with Gasteiger partial charge in [0.25, 0.3) is 0 Å². The van der Waals surface area contributed by atoms with Crippen molar-refractivity contribution in [2.24, 2.45) is 0 Å². The third kappa shape index (κ3) is 5.11. The zero-order valence-electron chi connectivity index (χ0n) is 16.2. The van der Waals surface area contributed by atoms with Gasteiger partial charge in [0.1, 0.15) is 6.04 Å². The molecule has 0 amide bonds. The summed E-state index contributed by atoms with van der Waals surface area (Å²) in [5.41, 5.74) is 3.78. The summed E-state index contributed by atoms with van der Waals surface area (Å²) in [6, 6.07) is 15.1. The van der Waals surface area contributed by atoms with Gasteiger partial charge in [-0.05, 0) is 41.9 Å². The number of aryl methyl sites for hydroxylation is 1. The number of hydrogen-bond acceptors (Lipinski definition) is 3. The SMILES string of the molecule is CCc1ccc([C@H](CNC(=S)NCc2ccc3c(c2)OCO3)[NH+](C)C)cc1. The van der Waals surface area contributed by atoms with E-state index >= 15 is 0 Å². The van der Waals surface area contributed by atoms with Gasteiger partial charge in [-0.2, -0.15) is 0 Å². The van der Waals surface area contributed by atoms with Gasteiger partial charge in [-0.25, -0.2) is 0 Å². The van der Waals surface area contributed by atoms with Gasteiger partial charge in [0.2, 0.25) is 6.79 Å². The molecule has 0 radical (unpaired) electrons. The predicted molar refractivity (Wildman–Crippen MR) is 111 cm³/mol. The third-order valence-electron chi connectivity index (χ3n) is 4.84. The van der Waals surface area contributed by atoms with Crippen LogP contribution in [0.15, 0.2) is 42.5 Å². The summed E-state index contributed by atoms with van der Waals surface area (Å²) >= 11 is 5.46. The lowest BCUT2D eigenvalue weighted by Crippen LogP contribution is -3.07. The van der Waals surface area contributed by atoms with Crippen LogP contribution < -0.4 is 25.0 Å². The van der Waals surface area contributed by atoms with Gasteiger partial charge >= 0.3 is 0 Å². The number of nitrogens with one attached hydrogen (secondary N) is 3. The van der Waals surface area contributed by atoms with E-state index in [1.807, 2.05) is 18.2 Å². The smallest absolute Gasteiger partial charge is 0.231 e. The van der Waals surface area contributed by atoms with Crippen molar-refractivity contribution in [3.05, 3.63) is 59.2 Å². The lowest BCUT2D eigenvalue weighted by Gasteiger charge is -2.23. The first-order valence-corrected chi connectivity index (χ1v) is 9.76. The molecule has 0 aliphatic carbocycles. The molecule has 0 bridgehead atoms. The second-order valence-corrected chi connectivity index (χ2v) is 7.38. The molecular formula is C21H28N3O2S+. The van der Waals surface area contributed by atoms with E-state index in [1.54, 1.807) is 0 Å². The fraction of sp³-hybridized carbons (Fsp3) is 0.381. The van der Waals surface area contributed by atoms with Crippen molar-refractivity contribution in [1.82, 2.24) is 10.6 Å². The second-order valence-electron chi connectivity index (χ2n) is 6.98. The van der Waals surface area contributed by atoms with E-state index in [-0.39, 0.29) is 0 Å². The van der Waals surface area contributed by atoms with E-state index in [9.17, 15) is 0 Å². The summed E-state index contributed by atoms with van der Waals surface area (Å²) in [4.78, 5) is 1.37. The Labute approximate surface area is 166 Å². The van der Waals surface area contributed by atoms with Crippen molar-refractivity contribution in [3.8, 4) is 11.5 Å². The highest BCUT2D eigenvalue weighted by Crippen LogP contribution is 2.32. The van der Waals surface area contributed by atoms with Crippen molar-refractivity contribution in [2.45, 2.75) is 25.9 Å². The average Bonchev–Trinajstić information content (AvgIpc) is 3.14. The summed E-state index contributed by atoms with van der Waals surface area (Å²) in [6.45, 7) is 3.89. The van der Waals surface area contributed by atoms with Gasteiger partial charge in [0.15, 0.2) is 16.6 Å². The minimum absolute atomic E-state index is 0.291. The fourth-order valence-corrected chi connectivity index (χ4v) is 3.29. The molecule has 1 atom stereocenters. The topological polar surface area (TPSA) is 47.0 Å². The first-order chi connectivity index (χ1) is 13.1. The van der Waals surface area contributed by atoms with Crippen LogP contribution in [-0.4, -0.2) is 32.5 Å². The van der Waals surface area contributed by atoms with Crippen LogP contribution in [0.2, 0.25) is 0 Å². The molecule has 0 unspecified atom stereocenters. The van der Waals surface area contributed by atoms with E-state index in [1.165, 1.54) is 16.0 Å². The van der Waals surface area contributed by atoms with Crippen LogP contribution in [0.3, 0.4) is 0 Å². The zero-order chi connectivity index (χ0) is 19.2. The molecule has 0 fully saturated rings. The van der Waals surface area contributed by atoms with Crippen molar-refractivity contribution in [1.29, 1.82) is 0 Å². The number of thiocarbonyl (C=S) groups is 1. The lowest BCUT2D eigenvalue weighted by atomic mass is 10.0. The number of fused-ring (bicyclic) bond motifs is 1. The Morgan fingerprint density at radius 2 is 1.74 bits per heavy atom. The normalized spacial score (nSPS) is 13.5. The maximum absolute atomic E-state index is 5.46. The van der Waals surface area contributed by atoms with E-state index in [2.05, 4.69) is 55.9 Å². The maximum atomic E-state index is 5.46.